The lowest BCUT2D eigenvalue weighted by Crippen LogP contribution is -2.28. The molecule has 0 spiro atoms. The Kier molecular flexibility index (Phi) is 6.34. The number of amides is 1. The van der Waals surface area contributed by atoms with Crippen molar-refractivity contribution in [1.29, 1.82) is 0 Å². The molecule has 8 nitrogen and oxygen atoms in total. The molecule has 2 heterocycles. The number of aryl methyl sites for hydroxylation is 1. The number of ether oxygens (including phenoxy) is 1. The number of hydrogen-bond donors (Lipinski definition) is 1. The van der Waals surface area contributed by atoms with Gasteiger partial charge >= 0.3 is 6.09 Å². The van der Waals surface area contributed by atoms with Gasteiger partial charge in [0.25, 0.3) is 0 Å². The number of anilines is 1. The summed E-state index contributed by atoms with van der Waals surface area (Å²) in [5.74, 6) is 0.398. The van der Waals surface area contributed by atoms with Gasteiger partial charge in [0.1, 0.15) is 23.4 Å². The van der Waals surface area contributed by atoms with Gasteiger partial charge in [0.2, 0.25) is 0 Å². The summed E-state index contributed by atoms with van der Waals surface area (Å²) in [6, 6.07) is 8.14. The van der Waals surface area contributed by atoms with E-state index in [4.69, 9.17) is 15.6 Å². The summed E-state index contributed by atoms with van der Waals surface area (Å²) >= 11 is 0. The number of carbonyl (C=O) groups is 1. The van der Waals surface area contributed by atoms with Gasteiger partial charge in [-0.15, -0.1) is 0 Å². The molecule has 1 amide bonds. The van der Waals surface area contributed by atoms with E-state index in [2.05, 4.69) is 28.8 Å². The van der Waals surface area contributed by atoms with Crippen LogP contribution in [0, 0.1) is 6.92 Å². The molecular weight excluding hydrogens is 404 g/mol. The zero-order valence-corrected chi connectivity index (χ0v) is 19.9. The summed E-state index contributed by atoms with van der Waals surface area (Å²) in [6.07, 6.45) is 2.19. The van der Waals surface area contributed by atoms with E-state index >= 15 is 0 Å². The minimum absolute atomic E-state index is 0.398. The lowest BCUT2D eigenvalue weighted by Gasteiger charge is -2.26. The van der Waals surface area contributed by atoms with E-state index < -0.39 is 17.2 Å². The van der Waals surface area contributed by atoms with Crippen LogP contribution in [0.2, 0.25) is 0 Å². The summed E-state index contributed by atoms with van der Waals surface area (Å²) in [5, 5.41) is 5.65. The van der Waals surface area contributed by atoms with E-state index in [1.165, 1.54) is 11.9 Å². The average molecular weight is 437 g/mol. The molecule has 0 saturated heterocycles. The van der Waals surface area contributed by atoms with Crippen LogP contribution in [0.1, 0.15) is 59.9 Å². The highest BCUT2D eigenvalue weighted by Gasteiger charge is 2.28. The highest BCUT2D eigenvalue weighted by molar-refractivity contribution is 5.98. The molecule has 0 radical (unpaired) electrons. The van der Waals surface area contributed by atoms with E-state index in [-0.39, 0.29) is 0 Å². The Bertz CT molecular complexity index is 1150. The molecule has 1 aromatic carbocycles. The molecule has 3 aromatic rings. The van der Waals surface area contributed by atoms with E-state index in [0.29, 0.717) is 30.0 Å². The van der Waals surface area contributed by atoms with E-state index in [1.54, 1.807) is 0 Å². The Morgan fingerprint density at radius 2 is 1.78 bits per heavy atom. The predicted octanol–water partition coefficient (Wildman–Crippen LogP) is 5.30. The largest absolute Gasteiger partial charge is 0.442 e. The molecule has 2 aromatic heterocycles. The summed E-state index contributed by atoms with van der Waals surface area (Å²) in [6.45, 7) is 13.5. The molecule has 0 fully saturated rings. The van der Waals surface area contributed by atoms with Crippen LogP contribution >= 0.6 is 0 Å². The molecule has 3 rings (SSSR count). The Balaban J connectivity index is 1.92. The van der Waals surface area contributed by atoms with Crippen molar-refractivity contribution < 1.29 is 9.53 Å². The van der Waals surface area contributed by atoms with Gasteiger partial charge in [-0.1, -0.05) is 29.8 Å². The van der Waals surface area contributed by atoms with Crippen LogP contribution in [0.25, 0.3) is 22.3 Å². The fraction of sp³-hybridized carbons (Fsp3) is 0.458. The maximum absolute atomic E-state index is 12.0. The van der Waals surface area contributed by atoms with Gasteiger partial charge in [0.15, 0.2) is 5.65 Å². The third-order valence-corrected chi connectivity index (χ3v) is 5.17. The number of rotatable bonds is 5. The lowest BCUT2D eigenvalue weighted by molar-refractivity contribution is 0.0603. The Morgan fingerprint density at radius 1 is 1.12 bits per heavy atom. The first-order chi connectivity index (χ1) is 14.9. The molecule has 0 aliphatic carbocycles. The third kappa shape index (κ3) is 5.30. The molecule has 2 N–H and O–H groups in total. The average Bonchev–Trinajstić information content (AvgIpc) is 3.07. The van der Waals surface area contributed by atoms with Crippen molar-refractivity contribution in [3.05, 3.63) is 36.2 Å². The summed E-state index contributed by atoms with van der Waals surface area (Å²) in [5.41, 5.74) is 9.52. The smallest absolute Gasteiger partial charge is 0.434 e. The van der Waals surface area contributed by atoms with E-state index in [9.17, 15) is 4.79 Å². The summed E-state index contributed by atoms with van der Waals surface area (Å²) < 4.78 is 7.18. The van der Waals surface area contributed by atoms with Crippen molar-refractivity contribution in [2.24, 2.45) is 4.99 Å². The zero-order chi connectivity index (χ0) is 23.7. The van der Waals surface area contributed by atoms with Gasteiger partial charge in [0.05, 0.1) is 10.9 Å². The predicted molar refractivity (Wildman–Crippen MR) is 128 cm³/mol. The quantitative estimate of drug-likeness (QED) is 0.544. The standard InChI is InChI=1S/C24H32N6O2/c1-15-8-10-17(11-9-15)19-18-20(25)26-14-27-21(18)30(29-19)24(6,7)13-12-16(2)28-22(31)32-23(3,4)5/h8-11,14H,12-13H2,1-7H3,(H2,25,26,27). The Morgan fingerprint density at radius 3 is 2.41 bits per heavy atom. The van der Waals surface area contributed by atoms with Crippen LogP contribution in [-0.2, 0) is 10.3 Å². The van der Waals surface area contributed by atoms with Crippen molar-refractivity contribution >= 4 is 28.7 Å². The number of nitrogens with zero attached hydrogens (tertiary/aromatic N) is 5. The molecule has 32 heavy (non-hydrogen) atoms. The van der Waals surface area contributed by atoms with Gasteiger partial charge in [-0.2, -0.15) is 10.1 Å². The second-order valence-corrected chi connectivity index (χ2v) is 9.72. The van der Waals surface area contributed by atoms with Gasteiger partial charge < -0.3 is 10.5 Å². The number of nitrogen functional groups attached to an aromatic ring is 1. The number of benzene rings is 1. The van der Waals surface area contributed by atoms with Crippen molar-refractivity contribution in [1.82, 2.24) is 19.7 Å². The van der Waals surface area contributed by atoms with Crippen LogP contribution in [0.3, 0.4) is 0 Å². The maximum atomic E-state index is 12.0. The second-order valence-electron chi connectivity index (χ2n) is 9.72. The number of hydrogen-bond acceptors (Lipinski definition) is 6. The molecule has 8 heteroatoms. The molecule has 0 aliphatic rings. The molecule has 0 atom stereocenters. The van der Waals surface area contributed by atoms with Crippen LogP contribution in [-0.4, -0.2) is 37.2 Å². The number of aliphatic imine (C=N–C) groups is 1. The first-order valence-corrected chi connectivity index (χ1v) is 10.7. The van der Waals surface area contributed by atoms with E-state index in [1.807, 2.05) is 63.6 Å². The topological polar surface area (TPSA) is 108 Å². The lowest BCUT2D eigenvalue weighted by atomic mass is 9.97. The summed E-state index contributed by atoms with van der Waals surface area (Å²) in [7, 11) is 0. The highest BCUT2D eigenvalue weighted by atomic mass is 16.6. The molecule has 0 unspecified atom stereocenters. The highest BCUT2D eigenvalue weighted by Crippen LogP contribution is 2.34. The molecular formula is C24H32N6O2. The van der Waals surface area contributed by atoms with Gasteiger partial charge in [-0.25, -0.2) is 19.4 Å². The SMILES string of the molecule is CC(CCC(C)(C)n1nc(-c2ccc(C)cc2)c2c(N)ncnc21)=NC(=O)OC(C)(C)C. The van der Waals surface area contributed by atoms with Crippen molar-refractivity contribution in [2.45, 2.75) is 72.4 Å². The van der Waals surface area contributed by atoms with Crippen LogP contribution in [0.15, 0.2) is 35.6 Å². The fourth-order valence-corrected chi connectivity index (χ4v) is 3.40. The molecule has 0 bridgehead atoms. The first kappa shape index (κ1) is 23.4. The maximum Gasteiger partial charge on any atom is 0.434 e. The van der Waals surface area contributed by atoms with Gasteiger partial charge in [0, 0.05) is 11.3 Å². The third-order valence-electron chi connectivity index (χ3n) is 5.17. The van der Waals surface area contributed by atoms with Gasteiger partial charge in [-0.3, -0.25) is 0 Å². The zero-order valence-electron chi connectivity index (χ0n) is 19.9. The number of aromatic nitrogens is 4. The monoisotopic (exact) mass is 436 g/mol. The number of nitrogens with two attached hydrogens (primary N) is 1. The first-order valence-electron chi connectivity index (χ1n) is 10.7. The number of carbonyl (C=O) groups excluding carboxylic acids is 1. The Labute approximate surface area is 188 Å². The van der Waals surface area contributed by atoms with Crippen molar-refractivity contribution in [2.75, 3.05) is 5.73 Å². The second kappa shape index (κ2) is 8.68. The van der Waals surface area contributed by atoms with Crippen molar-refractivity contribution in [3.8, 4) is 11.3 Å². The minimum atomic E-state index is -0.570. The minimum Gasteiger partial charge on any atom is -0.442 e. The molecule has 170 valence electrons. The molecule has 0 aliphatic heterocycles. The normalized spacial score (nSPS) is 12.9. The van der Waals surface area contributed by atoms with Gasteiger partial charge in [-0.05, 0) is 61.3 Å². The van der Waals surface area contributed by atoms with E-state index in [0.717, 1.165) is 16.6 Å². The number of fused-ring (bicyclic) bond motifs is 1. The summed E-state index contributed by atoms with van der Waals surface area (Å²) in [4.78, 5) is 24.8. The fourth-order valence-electron chi connectivity index (χ4n) is 3.40. The van der Waals surface area contributed by atoms with Crippen molar-refractivity contribution in [3.63, 3.8) is 0 Å². The Hall–Kier alpha value is -3.29. The van der Waals surface area contributed by atoms with Crippen LogP contribution in [0.5, 0.6) is 0 Å². The van der Waals surface area contributed by atoms with Crippen LogP contribution in [0.4, 0.5) is 10.6 Å². The molecule has 0 saturated carbocycles. The van der Waals surface area contributed by atoms with Crippen LogP contribution < -0.4 is 5.73 Å².